The predicted molar refractivity (Wildman–Crippen MR) is 172 cm³/mol. The van der Waals surface area contributed by atoms with Crippen molar-refractivity contribution in [3.05, 3.63) is 131 Å². The van der Waals surface area contributed by atoms with E-state index in [1.165, 1.54) is 23.3 Å². The van der Waals surface area contributed by atoms with Gasteiger partial charge in [-0.25, -0.2) is 4.39 Å². The molecule has 4 aromatic carbocycles. The van der Waals surface area contributed by atoms with Gasteiger partial charge in [0, 0.05) is 23.7 Å². The Bertz CT molecular complexity index is 1640. The maximum atomic E-state index is 13.1. The molecule has 1 heterocycles. The normalized spacial score (nSPS) is 11.2. The van der Waals surface area contributed by atoms with Gasteiger partial charge >= 0.3 is 5.97 Å². The minimum absolute atomic E-state index is 0.118. The van der Waals surface area contributed by atoms with Gasteiger partial charge in [0.2, 0.25) is 0 Å². The molecule has 9 heteroatoms. The molecule has 0 spiro atoms. The summed E-state index contributed by atoms with van der Waals surface area (Å²) in [7, 11) is 0. The van der Waals surface area contributed by atoms with E-state index in [2.05, 4.69) is 59.3 Å². The number of nitrogens with zero attached hydrogens (tertiary/aromatic N) is 1. The van der Waals surface area contributed by atoms with Crippen molar-refractivity contribution in [3.8, 4) is 11.4 Å². The van der Waals surface area contributed by atoms with Gasteiger partial charge in [-0.1, -0.05) is 48.5 Å². The highest BCUT2D eigenvalue weighted by molar-refractivity contribution is 5.86. The lowest BCUT2D eigenvalue weighted by molar-refractivity contribution is -0.136. The van der Waals surface area contributed by atoms with Crippen LogP contribution in [-0.2, 0) is 30.7 Å². The number of aromatic nitrogens is 1. The third-order valence-electron chi connectivity index (χ3n) is 7.48. The maximum absolute atomic E-state index is 13.1. The molecule has 0 aliphatic carbocycles. The topological polar surface area (TPSA) is 138 Å². The average molecular weight is 615 g/mol. The number of rotatable bonds is 13. The molecule has 8 nitrogen and oxygen atoms in total. The summed E-state index contributed by atoms with van der Waals surface area (Å²) < 4.78 is 21.1. The Kier molecular flexibility index (Phi) is 11.8. The molecule has 0 fully saturated rings. The summed E-state index contributed by atoms with van der Waals surface area (Å²) in [5.41, 5.74) is 10.6. The highest BCUT2D eigenvalue weighted by Gasteiger charge is 2.20. The standard InChI is InChI=1S/C32H28FNO3.C4H11NO3/c33-27-12-16-29(17-13-27)37-22-25-7-14-28(15-8-25)34-21-26(11-6-23-4-2-1-3-5-23)30-20-24(9-18-31(30)34)10-19-32(35)36;5-4(1-6,2-7)3-8/h1-5,7-9,12-18,20-21H,6,10-11,19,22H2,(H,35,36);6-8H,1-3,5H2. The Labute approximate surface area is 261 Å². The molecule has 0 saturated heterocycles. The van der Waals surface area contributed by atoms with E-state index in [1.54, 1.807) is 12.1 Å². The molecule has 5 aromatic rings. The first kappa shape index (κ1) is 33.4. The van der Waals surface area contributed by atoms with Crippen molar-refractivity contribution >= 4 is 16.9 Å². The van der Waals surface area contributed by atoms with Gasteiger partial charge in [-0.2, -0.15) is 0 Å². The van der Waals surface area contributed by atoms with Crippen LogP contribution in [0.5, 0.6) is 5.75 Å². The molecular formula is C36H39FN2O6. The van der Waals surface area contributed by atoms with Crippen molar-refractivity contribution in [3.63, 3.8) is 0 Å². The Morgan fingerprint density at radius 3 is 2.02 bits per heavy atom. The van der Waals surface area contributed by atoms with Crippen molar-refractivity contribution in [1.82, 2.24) is 4.57 Å². The fourth-order valence-electron chi connectivity index (χ4n) is 4.69. The number of benzene rings is 4. The molecule has 0 radical (unpaired) electrons. The predicted octanol–water partition coefficient (Wildman–Crippen LogP) is 4.81. The number of halogens is 1. The number of nitrogens with two attached hydrogens (primary N) is 1. The number of aliphatic hydroxyl groups is 3. The number of hydrogen-bond donors (Lipinski definition) is 5. The second-order valence-electron chi connectivity index (χ2n) is 11.0. The van der Waals surface area contributed by atoms with E-state index in [0.717, 1.165) is 40.6 Å². The quantitative estimate of drug-likeness (QED) is 0.128. The molecule has 0 atom stereocenters. The summed E-state index contributed by atoms with van der Waals surface area (Å²) in [6, 6.07) is 30.9. The first-order valence-corrected chi connectivity index (χ1v) is 14.7. The van der Waals surface area contributed by atoms with Crippen LogP contribution in [0.25, 0.3) is 16.6 Å². The van der Waals surface area contributed by atoms with Gasteiger partial charge < -0.3 is 35.5 Å². The van der Waals surface area contributed by atoms with Gasteiger partial charge in [-0.15, -0.1) is 0 Å². The summed E-state index contributed by atoms with van der Waals surface area (Å²) >= 11 is 0. The number of fused-ring (bicyclic) bond motifs is 1. The minimum Gasteiger partial charge on any atom is -0.489 e. The van der Waals surface area contributed by atoms with E-state index in [4.69, 9.17) is 30.9 Å². The third-order valence-corrected chi connectivity index (χ3v) is 7.48. The van der Waals surface area contributed by atoms with Crippen molar-refractivity contribution in [2.45, 2.75) is 37.8 Å². The average Bonchev–Trinajstić information content (AvgIpc) is 3.44. The smallest absolute Gasteiger partial charge is 0.303 e. The van der Waals surface area contributed by atoms with Crippen molar-refractivity contribution in [2.75, 3.05) is 19.8 Å². The fourth-order valence-corrected chi connectivity index (χ4v) is 4.69. The summed E-state index contributed by atoms with van der Waals surface area (Å²) in [5, 5.41) is 35.3. The van der Waals surface area contributed by atoms with E-state index < -0.39 is 31.3 Å². The maximum Gasteiger partial charge on any atom is 0.303 e. The Morgan fingerprint density at radius 2 is 1.42 bits per heavy atom. The van der Waals surface area contributed by atoms with Crippen LogP contribution in [0, 0.1) is 5.82 Å². The Balaban J connectivity index is 0.000000510. The van der Waals surface area contributed by atoms with E-state index in [1.807, 2.05) is 24.3 Å². The summed E-state index contributed by atoms with van der Waals surface area (Å²) in [4.78, 5) is 11.1. The summed E-state index contributed by atoms with van der Waals surface area (Å²) in [5.74, 6) is -0.443. The van der Waals surface area contributed by atoms with Crippen LogP contribution in [-0.4, -0.2) is 56.3 Å². The second kappa shape index (κ2) is 16.0. The molecule has 236 valence electrons. The van der Waals surface area contributed by atoms with Gasteiger partial charge in [0.25, 0.3) is 0 Å². The van der Waals surface area contributed by atoms with Gasteiger partial charge in [0.1, 0.15) is 18.2 Å². The molecule has 0 aliphatic rings. The summed E-state index contributed by atoms with van der Waals surface area (Å²) in [6.07, 6.45) is 4.64. The van der Waals surface area contributed by atoms with Crippen molar-refractivity contribution in [1.29, 1.82) is 0 Å². The number of aliphatic hydroxyl groups excluding tert-OH is 3. The molecule has 6 N–H and O–H groups in total. The Morgan fingerprint density at radius 1 is 0.778 bits per heavy atom. The van der Waals surface area contributed by atoms with Gasteiger partial charge in [-0.3, -0.25) is 4.79 Å². The third kappa shape index (κ3) is 9.47. The molecule has 0 amide bonds. The first-order chi connectivity index (χ1) is 21.7. The molecule has 0 aliphatic heterocycles. The minimum atomic E-state index is -1.21. The number of carbonyl (C=O) groups is 1. The van der Waals surface area contributed by atoms with Gasteiger partial charge in [0.05, 0.1) is 30.9 Å². The van der Waals surface area contributed by atoms with Crippen LogP contribution in [0.4, 0.5) is 4.39 Å². The zero-order chi connectivity index (χ0) is 32.2. The van der Waals surface area contributed by atoms with Gasteiger partial charge in [-0.05, 0) is 90.0 Å². The largest absolute Gasteiger partial charge is 0.489 e. The van der Waals surface area contributed by atoms with Crippen LogP contribution in [0.15, 0.2) is 103 Å². The van der Waals surface area contributed by atoms with E-state index in [0.29, 0.717) is 18.8 Å². The zero-order valence-corrected chi connectivity index (χ0v) is 25.0. The van der Waals surface area contributed by atoms with Crippen molar-refractivity contribution in [2.24, 2.45) is 5.73 Å². The number of carboxylic acid groups (broad SMARTS) is 1. The highest BCUT2D eigenvalue weighted by Crippen LogP contribution is 2.28. The van der Waals surface area contributed by atoms with Gasteiger partial charge in [0.15, 0.2) is 0 Å². The molecule has 0 bridgehead atoms. The monoisotopic (exact) mass is 614 g/mol. The number of aryl methyl sites for hydroxylation is 3. The number of aliphatic carboxylic acids is 1. The molecule has 1 aromatic heterocycles. The van der Waals surface area contributed by atoms with E-state index in [9.17, 15) is 9.18 Å². The molecule has 0 unspecified atom stereocenters. The lowest BCUT2D eigenvalue weighted by atomic mass is 10.0. The van der Waals surface area contributed by atoms with Crippen molar-refractivity contribution < 1.29 is 34.3 Å². The van der Waals surface area contributed by atoms with E-state index in [-0.39, 0.29) is 12.2 Å². The lowest BCUT2D eigenvalue weighted by Crippen LogP contribution is -2.50. The molecular weight excluding hydrogens is 575 g/mol. The zero-order valence-electron chi connectivity index (χ0n) is 25.0. The number of hydrogen-bond acceptors (Lipinski definition) is 6. The Hall–Kier alpha value is -4.54. The second-order valence-corrected chi connectivity index (χ2v) is 11.0. The fraction of sp³-hybridized carbons (Fsp3) is 0.250. The van der Waals surface area contributed by atoms with Crippen LogP contribution in [0.1, 0.15) is 28.7 Å². The van der Waals surface area contributed by atoms with Crippen LogP contribution in [0.2, 0.25) is 0 Å². The summed E-state index contributed by atoms with van der Waals surface area (Å²) in [6.45, 7) is -0.812. The SMILES string of the molecule is NC(CO)(CO)CO.O=C(O)CCc1ccc2c(c1)c(CCc1ccccc1)cn2-c1ccc(COc2ccc(F)cc2)cc1. The number of ether oxygens (including phenoxy) is 1. The van der Waals surface area contributed by atoms with Crippen LogP contribution in [0.3, 0.4) is 0 Å². The molecule has 5 rings (SSSR count). The number of carboxylic acids is 1. The van der Waals surface area contributed by atoms with E-state index >= 15 is 0 Å². The lowest BCUT2D eigenvalue weighted by Gasteiger charge is -2.20. The molecule has 0 saturated carbocycles. The van der Waals surface area contributed by atoms with Crippen LogP contribution >= 0.6 is 0 Å². The highest BCUT2D eigenvalue weighted by atomic mass is 19.1. The first-order valence-electron chi connectivity index (χ1n) is 14.7. The molecule has 45 heavy (non-hydrogen) atoms. The van der Waals surface area contributed by atoms with Crippen LogP contribution < -0.4 is 10.5 Å².